The monoisotopic (exact) mass is 453 g/mol. The van der Waals surface area contributed by atoms with E-state index in [0.29, 0.717) is 24.3 Å². The Balaban J connectivity index is 1.32. The number of amides is 1. The smallest absolute Gasteiger partial charge is 0.416 e. The maximum absolute atomic E-state index is 12.8. The highest BCUT2D eigenvalue weighted by Gasteiger charge is 2.46. The number of benzene rings is 1. The summed E-state index contributed by atoms with van der Waals surface area (Å²) in [5.41, 5.74) is 0.410. The van der Waals surface area contributed by atoms with Gasteiger partial charge in [-0.15, -0.1) is 11.3 Å². The Morgan fingerprint density at radius 1 is 1.10 bits per heavy atom. The van der Waals surface area contributed by atoms with Gasteiger partial charge in [0.2, 0.25) is 0 Å². The Labute approximate surface area is 183 Å². The molecule has 168 valence electrons. The number of rotatable bonds is 2. The van der Waals surface area contributed by atoms with E-state index in [0.717, 1.165) is 43.2 Å². The lowest BCUT2D eigenvalue weighted by Gasteiger charge is -2.53. The van der Waals surface area contributed by atoms with Crippen molar-refractivity contribution in [2.75, 3.05) is 31.1 Å². The van der Waals surface area contributed by atoms with Crippen molar-refractivity contribution in [3.05, 3.63) is 35.2 Å². The van der Waals surface area contributed by atoms with Gasteiger partial charge in [-0.1, -0.05) is 12.1 Å². The summed E-state index contributed by atoms with van der Waals surface area (Å²) in [6, 6.07) is 5.11. The van der Waals surface area contributed by atoms with Crippen molar-refractivity contribution >= 4 is 22.6 Å². The molecule has 1 spiro atoms. The number of carbonyl (C=O) groups excluding carboxylic acids is 1. The number of aromatic nitrogens is 1. The zero-order chi connectivity index (χ0) is 22.4. The maximum atomic E-state index is 12.8. The Bertz CT molecular complexity index is 934. The van der Waals surface area contributed by atoms with Crippen LogP contribution in [0.2, 0.25) is 0 Å². The molecule has 0 N–H and O–H groups in total. The van der Waals surface area contributed by atoms with Crippen LogP contribution in [-0.4, -0.2) is 47.8 Å². The molecule has 2 fully saturated rings. The first kappa shape index (κ1) is 21.9. The minimum atomic E-state index is -4.34. The van der Waals surface area contributed by atoms with Crippen LogP contribution in [0.4, 0.5) is 23.1 Å². The van der Waals surface area contributed by atoms with E-state index in [9.17, 15) is 18.0 Å². The summed E-state index contributed by atoms with van der Waals surface area (Å²) in [4.78, 5) is 20.9. The molecule has 1 aromatic carbocycles. The quantitative estimate of drug-likeness (QED) is 0.588. The molecule has 2 aliphatic rings. The molecule has 31 heavy (non-hydrogen) atoms. The van der Waals surface area contributed by atoms with Gasteiger partial charge >= 0.3 is 12.3 Å². The Kier molecular flexibility index (Phi) is 5.44. The van der Waals surface area contributed by atoms with Gasteiger partial charge in [-0.05, 0) is 45.7 Å². The van der Waals surface area contributed by atoms with E-state index < -0.39 is 17.3 Å². The highest BCUT2D eigenvalue weighted by Crippen LogP contribution is 2.44. The molecule has 0 bridgehead atoms. The van der Waals surface area contributed by atoms with Crippen molar-refractivity contribution in [3.8, 4) is 11.3 Å². The zero-order valence-electron chi connectivity index (χ0n) is 17.8. The molecule has 2 aromatic rings. The first-order valence-corrected chi connectivity index (χ1v) is 11.2. The second kappa shape index (κ2) is 7.69. The van der Waals surface area contributed by atoms with Crippen LogP contribution in [-0.2, 0) is 10.9 Å². The molecule has 0 radical (unpaired) electrons. The number of nitrogens with zero attached hydrogens (tertiary/aromatic N) is 3. The second-order valence-corrected chi connectivity index (χ2v) is 10.3. The molecule has 4 rings (SSSR count). The topological polar surface area (TPSA) is 45.7 Å². The van der Waals surface area contributed by atoms with E-state index in [-0.39, 0.29) is 11.5 Å². The van der Waals surface area contributed by atoms with Crippen LogP contribution < -0.4 is 4.90 Å². The summed E-state index contributed by atoms with van der Waals surface area (Å²) in [5.74, 6) is 0. The van der Waals surface area contributed by atoms with Crippen molar-refractivity contribution in [2.45, 2.75) is 45.4 Å². The van der Waals surface area contributed by atoms with Crippen molar-refractivity contribution in [3.63, 3.8) is 0 Å². The average molecular weight is 454 g/mol. The zero-order valence-corrected chi connectivity index (χ0v) is 18.6. The minimum Gasteiger partial charge on any atom is -0.444 e. The van der Waals surface area contributed by atoms with Crippen LogP contribution in [0.25, 0.3) is 11.3 Å². The lowest BCUT2D eigenvalue weighted by atomic mass is 9.72. The molecular formula is C22H26F3N3O2S. The van der Waals surface area contributed by atoms with E-state index in [1.165, 1.54) is 23.5 Å². The fourth-order valence-corrected chi connectivity index (χ4v) is 4.91. The van der Waals surface area contributed by atoms with Crippen LogP contribution in [0.5, 0.6) is 0 Å². The second-order valence-electron chi connectivity index (χ2n) is 9.41. The normalized spacial score (nSPS) is 18.8. The standard InChI is InChI=1S/C22H26F3N3O2S/c1-20(2,3)30-19(29)27-10-8-21(9-11-27)13-28(14-21)18-26-17(12-31-18)15-4-6-16(7-5-15)22(23,24)25/h4-7,12H,8-11,13-14H2,1-3H3. The number of alkyl halides is 3. The number of halogens is 3. The number of carbonyl (C=O) groups is 1. The fourth-order valence-electron chi connectivity index (χ4n) is 4.08. The molecule has 0 aliphatic carbocycles. The number of likely N-dealkylation sites (tertiary alicyclic amines) is 1. The van der Waals surface area contributed by atoms with Gasteiger partial charge in [0.05, 0.1) is 11.3 Å². The number of piperidine rings is 1. The van der Waals surface area contributed by atoms with Gasteiger partial charge < -0.3 is 14.5 Å². The third-order valence-corrected chi connectivity index (χ3v) is 6.70. The largest absolute Gasteiger partial charge is 0.444 e. The third kappa shape index (κ3) is 4.81. The molecule has 3 heterocycles. The molecule has 2 aliphatic heterocycles. The molecule has 2 saturated heterocycles. The molecule has 0 saturated carbocycles. The van der Waals surface area contributed by atoms with Gasteiger partial charge in [0.25, 0.3) is 0 Å². The number of hydrogen-bond donors (Lipinski definition) is 0. The Morgan fingerprint density at radius 3 is 2.26 bits per heavy atom. The van der Waals surface area contributed by atoms with E-state index >= 15 is 0 Å². The number of ether oxygens (including phenoxy) is 1. The first-order valence-electron chi connectivity index (χ1n) is 10.3. The number of anilines is 1. The molecular weight excluding hydrogens is 427 g/mol. The van der Waals surface area contributed by atoms with Gasteiger partial charge in [-0.3, -0.25) is 0 Å². The van der Waals surface area contributed by atoms with Gasteiger partial charge in [-0.2, -0.15) is 13.2 Å². The maximum Gasteiger partial charge on any atom is 0.416 e. The van der Waals surface area contributed by atoms with Crippen LogP contribution >= 0.6 is 11.3 Å². The number of thiazole rings is 1. The summed E-state index contributed by atoms with van der Waals surface area (Å²) >= 11 is 1.51. The van der Waals surface area contributed by atoms with Gasteiger partial charge in [-0.25, -0.2) is 9.78 Å². The first-order chi connectivity index (χ1) is 14.4. The van der Waals surface area contributed by atoms with Crippen LogP contribution in [0.15, 0.2) is 29.6 Å². The van der Waals surface area contributed by atoms with Gasteiger partial charge in [0, 0.05) is 42.5 Å². The van der Waals surface area contributed by atoms with Crippen molar-refractivity contribution in [1.82, 2.24) is 9.88 Å². The van der Waals surface area contributed by atoms with Crippen molar-refractivity contribution < 1.29 is 22.7 Å². The molecule has 5 nitrogen and oxygen atoms in total. The SMILES string of the molecule is CC(C)(C)OC(=O)N1CCC2(CC1)CN(c1nc(-c3ccc(C(F)(F)F)cc3)cs1)C2. The molecule has 1 amide bonds. The van der Waals surface area contributed by atoms with Gasteiger partial charge in [0.1, 0.15) is 5.60 Å². The summed E-state index contributed by atoms with van der Waals surface area (Å²) in [7, 11) is 0. The molecule has 1 aromatic heterocycles. The third-order valence-electron chi connectivity index (χ3n) is 5.80. The summed E-state index contributed by atoms with van der Waals surface area (Å²) in [5, 5.41) is 2.77. The predicted octanol–water partition coefficient (Wildman–Crippen LogP) is 5.67. The van der Waals surface area contributed by atoms with Gasteiger partial charge in [0.15, 0.2) is 5.13 Å². The van der Waals surface area contributed by atoms with E-state index in [2.05, 4.69) is 9.88 Å². The van der Waals surface area contributed by atoms with Crippen LogP contribution in [0.3, 0.4) is 0 Å². The van der Waals surface area contributed by atoms with Crippen LogP contribution in [0, 0.1) is 5.41 Å². The molecule has 9 heteroatoms. The predicted molar refractivity (Wildman–Crippen MR) is 114 cm³/mol. The number of hydrogen-bond acceptors (Lipinski definition) is 5. The molecule has 0 unspecified atom stereocenters. The summed E-state index contributed by atoms with van der Waals surface area (Å²) in [6.07, 6.45) is -2.73. The van der Waals surface area contributed by atoms with Crippen molar-refractivity contribution in [2.24, 2.45) is 5.41 Å². The lowest BCUT2D eigenvalue weighted by Crippen LogP contribution is -2.61. The fraction of sp³-hybridized carbons (Fsp3) is 0.545. The van der Waals surface area contributed by atoms with E-state index in [4.69, 9.17) is 4.74 Å². The summed E-state index contributed by atoms with van der Waals surface area (Å²) < 4.78 is 43.7. The lowest BCUT2D eigenvalue weighted by molar-refractivity contribution is -0.137. The van der Waals surface area contributed by atoms with Crippen molar-refractivity contribution in [1.29, 1.82) is 0 Å². The highest BCUT2D eigenvalue weighted by atomic mass is 32.1. The highest BCUT2D eigenvalue weighted by molar-refractivity contribution is 7.14. The van der Waals surface area contributed by atoms with E-state index in [1.54, 1.807) is 4.90 Å². The minimum absolute atomic E-state index is 0.193. The Morgan fingerprint density at radius 2 is 1.71 bits per heavy atom. The van der Waals surface area contributed by atoms with Crippen LogP contribution in [0.1, 0.15) is 39.2 Å². The average Bonchev–Trinajstić information content (AvgIpc) is 3.14. The molecule has 0 atom stereocenters. The Hall–Kier alpha value is -2.29. The summed E-state index contributed by atoms with van der Waals surface area (Å²) in [6.45, 7) is 8.76. The van der Waals surface area contributed by atoms with E-state index in [1.807, 2.05) is 26.2 Å².